The van der Waals surface area contributed by atoms with Crippen molar-refractivity contribution in [2.75, 3.05) is 19.0 Å². The molecule has 5 nitrogen and oxygen atoms in total. The lowest BCUT2D eigenvalue weighted by Gasteiger charge is -2.19. The van der Waals surface area contributed by atoms with Gasteiger partial charge in [0, 0.05) is 4.47 Å². The van der Waals surface area contributed by atoms with E-state index in [4.69, 9.17) is 16.3 Å². The number of hydrogen-bond donors (Lipinski definition) is 2. The molecule has 1 rings (SSSR count). The summed E-state index contributed by atoms with van der Waals surface area (Å²) in [5, 5.41) is 6.00. The highest BCUT2D eigenvalue weighted by Gasteiger charge is 2.23. The third-order valence-electron chi connectivity index (χ3n) is 2.81. The van der Waals surface area contributed by atoms with Crippen LogP contribution in [0.1, 0.15) is 13.8 Å². The van der Waals surface area contributed by atoms with Crippen LogP contribution >= 0.6 is 27.5 Å². The van der Waals surface area contributed by atoms with E-state index in [2.05, 4.69) is 26.6 Å². The summed E-state index contributed by atoms with van der Waals surface area (Å²) in [5.74, 6) is -0.658. The summed E-state index contributed by atoms with van der Waals surface area (Å²) in [4.78, 5) is 23.5. The molecule has 116 valence electrons. The van der Waals surface area contributed by atoms with E-state index in [0.717, 1.165) is 4.47 Å². The molecule has 1 aromatic carbocycles. The zero-order chi connectivity index (χ0) is 16.0. The molecule has 1 amide bonds. The first-order valence-corrected chi connectivity index (χ1v) is 7.58. The molecule has 0 aromatic heterocycles. The zero-order valence-electron chi connectivity index (χ0n) is 12.1. The van der Waals surface area contributed by atoms with Crippen LogP contribution in [-0.4, -0.2) is 31.6 Å². The standard InChI is InChI=1S/C14H18BrClN2O3/c1-8(2)13(14(20)21-3)17-7-12(19)18-11-5-4-9(15)6-10(11)16/h4-6,8,13,17H,7H2,1-3H3,(H,18,19). The predicted octanol–water partition coefficient (Wildman–Crippen LogP) is 2.83. The van der Waals surface area contributed by atoms with Gasteiger partial charge < -0.3 is 10.1 Å². The largest absolute Gasteiger partial charge is 0.468 e. The SMILES string of the molecule is COC(=O)C(NCC(=O)Nc1ccc(Br)cc1Cl)C(C)C. The van der Waals surface area contributed by atoms with Crippen LogP contribution in [0.3, 0.4) is 0 Å². The molecule has 0 radical (unpaired) electrons. The Morgan fingerprint density at radius 3 is 2.57 bits per heavy atom. The van der Waals surface area contributed by atoms with E-state index in [0.29, 0.717) is 10.7 Å². The van der Waals surface area contributed by atoms with Crippen LogP contribution < -0.4 is 10.6 Å². The molecular formula is C14H18BrClN2O3. The number of carbonyl (C=O) groups is 2. The Labute approximate surface area is 137 Å². The summed E-state index contributed by atoms with van der Waals surface area (Å²) in [5.41, 5.74) is 0.519. The highest BCUT2D eigenvalue weighted by molar-refractivity contribution is 9.10. The number of nitrogens with one attached hydrogen (secondary N) is 2. The third kappa shape index (κ3) is 5.65. The van der Waals surface area contributed by atoms with Gasteiger partial charge in [0.1, 0.15) is 6.04 Å². The van der Waals surface area contributed by atoms with Crippen molar-refractivity contribution in [1.82, 2.24) is 5.32 Å². The molecule has 2 N–H and O–H groups in total. The zero-order valence-corrected chi connectivity index (χ0v) is 14.4. The molecule has 0 bridgehead atoms. The summed E-state index contributed by atoms with van der Waals surface area (Å²) in [6, 6.07) is 4.64. The molecule has 0 aliphatic rings. The molecule has 0 saturated heterocycles. The third-order valence-corrected chi connectivity index (χ3v) is 3.62. The second kappa shape index (κ2) is 8.36. The van der Waals surface area contributed by atoms with Crippen LogP contribution in [0.4, 0.5) is 5.69 Å². The predicted molar refractivity (Wildman–Crippen MR) is 86.4 cm³/mol. The van der Waals surface area contributed by atoms with Gasteiger partial charge in [-0.15, -0.1) is 0 Å². The Morgan fingerprint density at radius 2 is 2.05 bits per heavy atom. The van der Waals surface area contributed by atoms with Gasteiger partial charge in [-0.1, -0.05) is 41.4 Å². The molecule has 0 spiro atoms. The molecule has 0 aliphatic heterocycles. The number of amides is 1. The maximum Gasteiger partial charge on any atom is 0.323 e. The number of esters is 1. The number of rotatable bonds is 6. The molecule has 7 heteroatoms. The van der Waals surface area contributed by atoms with Crippen LogP contribution in [0.15, 0.2) is 22.7 Å². The van der Waals surface area contributed by atoms with E-state index >= 15 is 0 Å². The molecule has 0 fully saturated rings. The second-order valence-corrected chi connectivity index (χ2v) is 6.12. The van der Waals surface area contributed by atoms with Gasteiger partial charge in [0.15, 0.2) is 0 Å². The quantitative estimate of drug-likeness (QED) is 0.748. The molecular weight excluding hydrogens is 360 g/mol. The van der Waals surface area contributed by atoms with Crippen molar-refractivity contribution in [3.63, 3.8) is 0 Å². The van der Waals surface area contributed by atoms with Crippen molar-refractivity contribution in [2.45, 2.75) is 19.9 Å². The lowest BCUT2D eigenvalue weighted by atomic mass is 10.0. The summed E-state index contributed by atoms with van der Waals surface area (Å²) < 4.78 is 5.53. The Morgan fingerprint density at radius 1 is 1.38 bits per heavy atom. The monoisotopic (exact) mass is 376 g/mol. The average molecular weight is 378 g/mol. The Bertz CT molecular complexity index is 523. The summed E-state index contributed by atoms with van der Waals surface area (Å²) in [7, 11) is 1.32. The number of anilines is 1. The number of ether oxygens (including phenoxy) is 1. The smallest absolute Gasteiger partial charge is 0.323 e. The van der Waals surface area contributed by atoms with Crippen molar-refractivity contribution < 1.29 is 14.3 Å². The van der Waals surface area contributed by atoms with Gasteiger partial charge in [0.25, 0.3) is 0 Å². The van der Waals surface area contributed by atoms with Gasteiger partial charge in [0.05, 0.1) is 24.4 Å². The lowest BCUT2D eigenvalue weighted by molar-refractivity contribution is -0.144. The first kappa shape index (κ1) is 17.9. The first-order chi connectivity index (χ1) is 9.85. The van der Waals surface area contributed by atoms with Crippen LogP contribution in [0, 0.1) is 5.92 Å². The normalized spacial score (nSPS) is 12.1. The molecule has 1 unspecified atom stereocenters. The van der Waals surface area contributed by atoms with Gasteiger partial charge >= 0.3 is 5.97 Å². The van der Waals surface area contributed by atoms with Crippen molar-refractivity contribution in [2.24, 2.45) is 5.92 Å². The van der Waals surface area contributed by atoms with Gasteiger partial charge in [-0.05, 0) is 24.1 Å². The Kier molecular flexibility index (Phi) is 7.14. The Hall–Kier alpha value is -1.11. The minimum absolute atomic E-state index is 0.00958. The molecule has 0 heterocycles. The number of hydrogen-bond acceptors (Lipinski definition) is 4. The van der Waals surface area contributed by atoms with Crippen LogP contribution in [0.2, 0.25) is 5.02 Å². The van der Waals surface area contributed by atoms with E-state index in [1.54, 1.807) is 18.2 Å². The van der Waals surface area contributed by atoms with E-state index in [1.807, 2.05) is 13.8 Å². The topological polar surface area (TPSA) is 67.4 Å². The molecule has 21 heavy (non-hydrogen) atoms. The van der Waals surface area contributed by atoms with E-state index < -0.39 is 6.04 Å². The van der Waals surface area contributed by atoms with Crippen molar-refractivity contribution in [3.8, 4) is 0 Å². The van der Waals surface area contributed by atoms with Gasteiger partial charge in [0.2, 0.25) is 5.91 Å². The number of halogens is 2. The summed E-state index contributed by atoms with van der Waals surface area (Å²) in [6.45, 7) is 3.74. The fourth-order valence-corrected chi connectivity index (χ4v) is 2.43. The van der Waals surface area contributed by atoms with Crippen LogP contribution in [0.25, 0.3) is 0 Å². The minimum atomic E-state index is -0.527. The van der Waals surface area contributed by atoms with Crippen molar-refractivity contribution >= 4 is 45.1 Å². The van der Waals surface area contributed by atoms with Crippen molar-refractivity contribution in [3.05, 3.63) is 27.7 Å². The van der Waals surface area contributed by atoms with Gasteiger partial charge in [-0.3, -0.25) is 14.9 Å². The summed E-state index contributed by atoms with van der Waals surface area (Å²) >= 11 is 9.31. The van der Waals surface area contributed by atoms with E-state index in [9.17, 15) is 9.59 Å². The number of benzene rings is 1. The number of methoxy groups -OCH3 is 1. The highest BCUT2D eigenvalue weighted by Crippen LogP contribution is 2.25. The van der Waals surface area contributed by atoms with Crippen LogP contribution in [-0.2, 0) is 14.3 Å². The number of carbonyl (C=O) groups excluding carboxylic acids is 2. The first-order valence-electron chi connectivity index (χ1n) is 6.41. The molecule has 1 aromatic rings. The minimum Gasteiger partial charge on any atom is -0.468 e. The maximum absolute atomic E-state index is 11.9. The van der Waals surface area contributed by atoms with Crippen molar-refractivity contribution in [1.29, 1.82) is 0 Å². The summed E-state index contributed by atoms with van der Waals surface area (Å²) in [6.07, 6.45) is 0. The van der Waals surface area contributed by atoms with Crippen LogP contribution in [0.5, 0.6) is 0 Å². The lowest BCUT2D eigenvalue weighted by Crippen LogP contribution is -2.45. The average Bonchev–Trinajstić information content (AvgIpc) is 2.41. The maximum atomic E-state index is 11.9. The second-order valence-electron chi connectivity index (χ2n) is 4.80. The van der Waals surface area contributed by atoms with E-state index in [1.165, 1.54) is 7.11 Å². The molecule has 0 saturated carbocycles. The fourth-order valence-electron chi connectivity index (χ4n) is 1.71. The highest BCUT2D eigenvalue weighted by atomic mass is 79.9. The Balaban J connectivity index is 2.59. The molecule has 1 atom stereocenters. The fraction of sp³-hybridized carbons (Fsp3) is 0.429. The molecule has 0 aliphatic carbocycles. The van der Waals surface area contributed by atoms with E-state index in [-0.39, 0.29) is 24.3 Å². The van der Waals surface area contributed by atoms with Gasteiger partial charge in [-0.25, -0.2) is 0 Å². The van der Waals surface area contributed by atoms with Gasteiger partial charge in [-0.2, -0.15) is 0 Å².